The molecule has 1 amide bonds. The van der Waals surface area contributed by atoms with E-state index in [1.807, 2.05) is 6.92 Å². The van der Waals surface area contributed by atoms with Crippen LogP contribution in [0.25, 0.3) is 0 Å². The van der Waals surface area contributed by atoms with Gasteiger partial charge >= 0.3 is 0 Å². The Balaban J connectivity index is 1.68. The highest BCUT2D eigenvalue weighted by Gasteiger charge is 2.17. The molecule has 1 heterocycles. The van der Waals surface area contributed by atoms with Crippen molar-refractivity contribution in [1.29, 1.82) is 0 Å². The number of amides is 1. The Labute approximate surface area is 130 Å². The van der Waals surface area contributed by atoms with Crippen molar-refractivity contribution in [1.82, 2.24) is 10.6 Å². The molecule has 0 radical (unpaired) electrons. The van der Waals surface area contributed by atoms with E-state index in [0.717, 1.165) is 24.5 Å². The maximum Gasteiger partial charge on any atom is 0.223 e. The van der Waals surface area contributed by atoms with E-state index in [-0.39, 0.29) is 17.6 Å². The van der Waals surface area contributed by atoms with Gasteiger partial charge in [-0.05, 0) is 56.1 Å². The first kappa shape index (κ1) is 16.3. The van der Waals surface area contributed by atoms with Crippen LogP contribution in [0.1, 0.15) is 19.8 Å². The van der Waals surface area contributed by atoms with Gasteiger partial charge < -0.3 is 10.6 Å². The van der Waals surface area contributed by atoms with E-state index in [4.69, 9.17) is 0 Å². The topological polar surface area (TPSA) is 41.1 Å². The van der Waals surface area contributed by atoms with Crippen LogP contribution in [-0.2, 0) is 4.79 Å². The van der Waals surface area contributed by atoms with Crippen LogP contribution in [0.15, 0.2) is 29.2 Å². The quantitative estimate of drug-likeness (QED) is 0.794. The smallest absolute Gasteiger partial charge is 0.223 e. The number of carbonyl (C=O) groups excluding carboxylic acids is 1. The molecule has 0 aromatic heterocycles. The number of nitrogens with one attached hydrogen (secondary N) is 2. The van der Waals surface area contributed by atoms with Crippen molar-refractivity contribution in [3.05, 3.63) is 30.1 Å². The Morgan fingerprint density at radius 1 is 1.48 bits per heavy atom. The molecule has 1 aliphatic rings. The minimum atomic E-state index is -0.230. The van der Waals surface area contributed by atoms with Gasteiger partial charge in [0.25, 0.3) is 0 Å². The van der Waals surface area contributed by atoms with Crippen LogP contribution in [0, 0.1) is 17.7 Å². The van der Waals surface area contributed by atoms with Gasteiger partial charge in [-0.3, -0.25) is 4.79 Å². The number of hydrogen-bond donors (Lipinski definition) is 2. The third-order valence-corrected chi connectivity index (χ3v) is 5.00. The van der Waals surface area contributed by atoms with Crippen molar-refractivity contribution in [2.24, 2.45) is 11.8 Å². The Bertz CT molecular complexity index is 446. The zero-order valence-corrected chi connectivity index (χ0v) is 13.2. The van der Waals surface area contributed by atoms with Gasteiger partial charge in [-0.15, -0.1) is 11.8 Å². The molecule has 2 unspecified atom stereocenters. The SMILES string of the molecule is CC(CSc1ccc(F)cc1)C(=O)NCC1CCCNC1. The maximum atomic E-state index is 12.8. The van der Waals surface area contributed by atoms with Gasteiger partial charge in [0.05, 0.1) is 0 Å². The monoisotopic (exact) mass is 310 g/mol. The average Bonchev–Trinajstić information content (AvgIpc) is 2.52. The van der Waals surface area contributed by atoms with Crippen LogP contribution in [0.4, 0.5) is 4.39 Å². The maximum absolute atomic E-state index is 12.8. The molecule has 1 aliphatic heterocycles. The van der Waals surface area contributed by atoms with Crippen LogP contribution in [0.3, 0.4) is 0 Å². The second-order valence-corrected chi connectivity index (χ2v) is 6.72. The van der Waals surface area contributed by atoms with Gasteiger partial charge in [-0.2, -0.15) is 0 Å². The fraction of sp³-hybridized carbons (Fsp3) is 0.562. The standard InChI is InChI=1S/C16H23FN2OS/c1-12(11-21-15-6-4-14(17)5-7-15)16(20)19-10-13-3-2-8-18-9-13/h4-7,12-13,18H,2-3,8-11H2,1H3,(H,19,20). The van der Waals surface area contributed by atoms with Gasteiger partial charge in [-0.1, -0.05) is 6.92 Å². The minimum Gasteiger partial charge on any atom is -0.356 e. The molecule has 1 aromatic carbocycles. The normalized spacial score (nSPS) is 20.0. The van der Waals surface area contributed by atoms with Crippen molar-refractivity contribution in [3.63, 3.8) is 0 Å². The number of thioether (sulfide) groups is 1. The van der Waals surface area contributed by atoms with E-state index in [1.54, 1.807) is 23.9 Å². The second-order valence-electron chi connectivity index (χ2n) is 5.62. The predicted molar refractivity (Wildman–Crippen MR) is 84.9 cm³/mol. The lowest BCUT2D eigenvalue weighted by atomic mass is 9.99. The molecule has 1 saturated heterocycles. The molecule has 5 heteroatoms. The summed E-state index contributed by atoms with van der Waals surface area (Å²) < 4.78 is 12.8. The molecule has 0 saturated carbocycles. The number of benzene rings is 1. The Morgan fingerprint density at radius 3 is 2.90 bits per heavy atom. The number of hydrogen-bond acceptors (Lipinski definition) is 3. The third-order valence-electron chi connectivity index (χ3n) is 3.73. The number of halogens is 1. The van der Waals surface area contributed by atoms with E-state index in [0.29, 0.717) is 11.7 Å². The summed E-state index contributed by atoms with van der Waals surface area (Å²) in [6.07, 6.45) is 2.38. The van der Waals surface area contributed by atoms with Crippen LogP contribution in [0.2, 0.25) is 0 Å². The molecule has 0 bridgehead atoms. The molecule has 2 atom stereocenters. The first-order valence-corrected chi connectivity index (χ1v) is 8.50. The first-order chi connectivity index (χ1) is 10.1. The molecule has 116 valence electrons. The summed E-state index contributed by atoms with van der Waals surface area (Å²) in [5.41, 5.74) is 0. The Hall–Kier alpha value is -1.07. The Morgan fingerprint density at radius 2 is 2.24 bits per heavy atom. The summed E-state index contributed by atoms with van der Waals surface area (Å²) in [6, 6.07) is 6.39. The summed E-state index contributed by atoms with van der Waals surface area (Å²) in [4.78, 5) is 13.0. The highest BCUT2D eigenvalue weighted by Crippen LogP contribution is 2.21. The summed E-state index contributed by atoms with van der Waals surface area (Å²) in [7, 11) is 0. The lowest BCUT2D eigenvalue weighted by Crippen LogP contribution is -2.40. The first-order valence-electron chi connectivity index (χ1n) is 7.52. The van der Waals surface area contributed by atoms with E-state index in [9.17, 15) is 9.18 Å². The average molecular weight is 310 g/mol. The van der Waals surface area contributed by atoms with Crippen LogP contribution >= 0.6 is 11.8 Å². The van der Waals surface area contributed by atoms with E-state index >= 15 is 0 Å². The summed E-state index contributed by atoms with van der Waals surface area (Å²) in [5, 5.41) is 6.40. The molecule has 21 heavy (non-hydrogen) atoms. The third kappa shape index (κ3) is 5.67. The van der Waals surface area contributed by atoms with Gasteiger partial charge in [0.15, 0.2) is 0 Å². The molecule has 0 aliphatic carbocycles. The Kier molecular flexibility index (Phi) is 6.51. The lowest BCUT2D eigenvalue weighted by molar-refractivity contribution is -0.124. The van der Waals surface area contributed by atoms with E-state index < -0.39 is 0 Å². The summed E-state index contributed by atoms with van der Waals surface area (Å²) >= 11 is 1.59. The number of carbonyl (C=O) groups is 1. The van der Waals surface area contributed by atoms with Crippen molar-refractivity contribution >= 4 is 17.7 Å². The predicted octanol–water partition coefficient (Wildman–Crippen LogP) is 2.67. The van der Waals surface area contributed by atoms with Crippen molar-refractivity contribution in [2.75, 3.05) is 25.4 Å². The molecule has 3 nitrogen and oxygen atoms in total. The largest absolute Gasteiger partial charge is 0.356 e. The number of piperidine rings is 1. The summed E-state index contributed by atoms with van der Waals surface area (Å²) in [6.45, 7) is 4.79. The van der Waals surface area contributed by atoms with E-state index in [1.165, 1.54) is 25.0 Å². The van der Waals surface area contributed by atoms with Crippen LogP contribution in [-0.4, -0.2) is 31.3 Å². The molecule has 2 N–H and O–H groups in total. The minimum absolute atomic E-state index is 0.0448. The number of rotatable bonds is 6. The lowest BCUT2D eigenvalue weighted by Gasteiger charge is -2.23. The van der Waals surface area contributed by atoms with Crippen molar-refractivity contribution < 1.29 is 9.18 Å². The fourth-order valence-electron chi connectivity index (χ4n) is 2.35. The highest BCUT2D eigenvalue weighted by atomic mass is 32.2. The van der Waals surface area contributed by atoms with Crippen LogP contribution < -0.4 is 10.6 Å². The zero-order valence-electron chi connectivity index (χ0n) is 12.4. The van der Waals surface area contributed by atoms with Crippen molar-refractivity contribution in [3.8, 4) is 0 Å². The van der Waals surface area contributed by atoms with Gasteiger partial charge in [-0.25, -0.2) is 4.39 Å². The molecule has 1 aromatic rings. The molecule has 1 fully saturated rings. The zero-order chi connectivity index (χ0) is 15.1. The highest BCUT2D eigenvalue weighted by molar-refractivity contribution is 7.99. The van der Waals surface area contributed by atoms with Gasteiger partial charge in [0.1, 0.15) is 5.82 Å². The molecular formula is C16H23FN2OS. The molecule has 0 spiro atoms. The van der Waals surface area contributed by atoms with Crippen molar-refractivity contribution in [2.45, 2.75) is 24.7 Å². The van der Waals surface area contributed by atoms with Crippen LogP contribution in [0.5, 0.6) is 0 Å². The fourth-order valence-corrected chi connectivity index (χ4v) is 3.27. The van der Waals surface area contributed by atoms with E-state index in [2.05, 4.69) is 10.6 Å². The summed E-state index contributed by atoms with van der Waals surface area (Å²) in [5.74, 6) is 1.10. The molecule has 2 rings (SSSR count). The molecular weight excluding hydrogens is 287 g/mol. The van der Waals surface area contributed by atoms with Gasteiger partial charge in [0.2, 0.25) is 5.91 Å². The second kappa shape index (κ2) is 8.39. The van der Waals surface area contributed by atoms with Gasteiger partial charge in [0, 0.05) is 23.1 Å².